The highest BCUT2D eigenvalue weighted by Crippen LogP contribution is 2.36. The summed E-state index contributed by atoms with van der Waals surface area (Å²) in [5, 5.41) is 0. The molecule has 0 fully saturated rings. The molecule has 0 bridgehead atoms. The number of benzene rings is 2. The average Bonchev–Trinajstić information content (AvgIpc) is 2.66. The highest BCUT2D eigenvalue weighted by atomic mass is 16.5. The summed E-state index contributed by atoms with van der Waals surface area (Å²) in [7, 11) is 9.55. The van der Waals surface area contributed by atoms with Gasteiger partial charge in [-0.2, -0.15) is 0 Å². The Balaban J connectivity index is 0.000000240. The fourth-order valence-corrected chi connectivity index (χ4v) is 2.04. The first-order chi connectivity index (χ1) is 11.7. The zero-order chi connectivity index (χ0) is 17.9. The third-order valence-corrected chi connectivity index (χ3v) is 3.17. The summed E-state index contributed by atoms with van der Waals surface area (Å²) in [5.74, 6) is 3.97. The van der Waals surface area contributed by atoms with Gasteiger partial charge in [-0.05, 0) is 24.3 Å². The minimum atomic E-state index is 0.627. The van der Waals surface area contributed by atoms with E-state index in [0.717, 1.165) is 0 Å². The molecule has 0 unspecified atom stereocenters. The van der Waals surface area contributed by atoms with Crippen molar-refractivity contribution in [3.63, 3.8) is 0 Å². The Morgan fingerprint density at radius 1 is 0.417 bits per heavy atom. The Kier molecular flexibility index (Phi) is 8.11. The number of para-hydroxylation sites is 2. The van der Waals surface area contributed by atoms with Crippen molar-refractivity contribution >= 4 is 0 Å². The molecule has 0 spiro atoms. The van der Waals surface area contributed by atoms with Crippen LogP contribution in [0.3, 0.4) is 0 Å². The van der Waals surface area contributed by atoms with Crippen LogP contribution in [0.25, 0.3) is 0 Å². The number of hydrogen-bond donors (Lipinski definition) is 0. The second-order valence-electron chi connectivity index (χ2n) is 4.39. The van der Waals surface area contributed by atoms with Crippen LogP contribution in [-0.2, 0) is 0 Å². The van der Waals surface area contributed by atoms with Gasteiger partial charge in [0.1, 0.15) is 0 Å². The zero-order valence-corrected chi connectivity index (χ0v) is 14.9. The number of rotatable bonds is 6. The molecule has 0 radical (unpaired) electrons. The van der Waals surface area contributed by atoms with Crippen LogP contribution in [0.2, 0.25) is 0 Å². The molecular formula is C18H24O6. The van der Waals surface area contributed by atoms with Crippen molar-refractivity contribution in [1.29, 1.82) is 0 Å². The summed E-state index contributed by atoms with van der Waals surface area (Å²) in [4.78, 5) is 0. The molecule has 0 aliphatic rings. The molecule has 2 rings (SSSR count). The lowest BCUT2D eigenvalue weighted by Gasteiger charge is -2.10. The van der Waals surface area contributed by atoms with Crippen molar-refractivity contribution in [3.8, 4) is 34.5 Å². The van der Waals surface area contributed by atoms with E-state index in [1.165, 1.54) is 0 Å². The van der Waals surface area contributed by atoms with Gasteiger partial charge in [0.2, 0.25) is 11.5 Å². The summed E-state index contributed by atoms with van der Waals surface area (Å²) in [6.07, 6.45) is 0. The molecule has 132 valence electrons. The van der Waals surface area contributed by atoms with E-state index in [1.807, 2.05) is 36.4 Å². The van der Waals surface area contributed by atoms with Crippen molar-refractivity contribution in [1.82, 2.24) is 0 Å². The van der Waals surface area contributed by atoms with Crippen LogP contribution < -0.4 is 28.4 Å². The van der Waals surface area contributed by atoms with E-state index >= 15 is 0 Å². The van der Waals surface area contributed by atoms with E-state index in [9.17, 15) is 0 Å². The van der Waals surface area contributed by atoms with Gasteiger partial charge < -0.3 is 28.4 Å². The lowest BCUT2D eigenvalue weighted by molar-refractivity contribution is 0.324. The SMILES string of the molecule is COc1cccc(OC)c1OC.COc1cccc(OC)c1OC. The molecule has 0 heterocycles. The largest absolute Gasteiger partial charge is 0.493 e. The van der Waals surface area contributed by atoms with E-state index in [1.54, 1.807) is 42.7 Å². The van der Waals surface area contributed by atoms with Crippen LogP contribution in [0.5, 0.6) is 34.5 Å². The maximum Gasteiger partial charge on any atom is 0.203 e. The first-order valence-corrected chi connectivity index (χ1v) is 7.16. The van der Waals surface area contributed by atoms with Crippen LogP contribution in [0, 0.1) is 0 Å². The van der Waals surface area contributed by atoms with Crippen molar-refractivity contribution in [3.05, 3.63) is 36.4 Å². The first-order valence-electron chi connectivity index (χ1n) is 7.16. The molecular weight excluding hydrogens is 312 g/mol. The summed E-state index contributed by atoms with van der Waals surface area (Å²) in [6.45, 7) is 0. The van der Waals surface area contributed by atoms with Crippen LogP contribution in [0.15, 0.2) is 36.4 Å². The summed E-state index contributed by atoms with van der Waals surface area (Å²) >= 11 is 0. The van der Waals surface area contributed by atoms with Gasteiger partial charge in [0.15, 0.2) is 23.0 Å². The van der Waals surface area contributed by atoms with Gasteiger partial charge in [-0.15, -0.1) is 0 Å². The minimum Gasteiger partial charge on any atom is -0.493 e. The molecule has 0 atom stereocenters. The van der Waals surface area contributed by atoms with Crippen molar-refractivity contribution < 1.29 is 28.4 Å². The average molecular weight is 336 g/mol. The molecule has 0 amide bonds. The standard InChI is InChI=1S/2C9H12O3/c2*1-10-7-5-4-6-8(11-2)9(7)12-3/h2*4-6H,1-3H3. The maximum atomic E-state index is 5.11. The molecule has 0 aliphatic heterocycles. The van der Waals surface area contributed by atoms with Crippen LogP contribution in [-0.4, -0.2) is 42.7 Å². The molecule has 2 aromatic carbocycles. The molecule has 0 aromatic heterocycles. The van der Waals surface area contributed by atoms with Gasteiger partial charge in [0.05, 0.1) is 42.7 Å². The molecule has 2 aromatic rings. The smallest absolute Gasteiger partial charge is 0.203 e. The maximum absolute atomic E-state index is 5.11. The molecule has 0 saturated heterocycles. The van der Waals surface area contributed by atoms with Crippen LogP contribution in [0.1, 0.15) is 0 Å². The third kappa shape index (κ3) is 4.62. The van der Waals surface area contributed by atoms with Crippen LogP contribution in [0.4, 0.5) is 0 Å². The lowest BCUT2D eigenvalue weighted by Crippen LogP contribution is -1.93. The fraction of sp³-hybridized carbons (Fsp3) is 0.333. The minimum absolute atomic E-state index is 0.627. The van der Waals surface area contributed by atoms with E-state index < -0.39 is 0 Å². The Labute approximate surface area is 142 Å². The molecule has 0 N–H and O–H groups in total. The Bertz CT molecular complexity index is 527. The monoisotopic (exact) mass is 336 g/mol. The predicted octanol–water partition coefficient (Wildman–Crippen LogP) is 3.42. The molecule has 24 heavy (non-hydrogen) atoms. The second kappa shape index (κ2) is 10.1. The normalized spacial score (nSPS) is 9.25. The lowest BCUT2D eigenvalue weighted by atomic mass is 10.3. The Hall–Kier alpha value is -2.76. The predicted molar refractivity (Wildman–Crippen MR) is 92.2 cm³/mol. The topological polar surface area (TPSA) is 55.4 Å². The first kappa shape index (κ1) is 19.3. The third-order valence-electron chi connectivity index (χ3n) is 3.17. The van der Waals surface area contributed by atoms with Crippen molar-refractivity contribution in [2.75, 3.05) is 42.7 Å². The van der Waals surface area contributed by atoms with Gasteiger partial charge in [-0.1, -0.05) is 12.1 Å². The summed E-state index contributed by atoms with van der Waals surface area (Å²) in [5.41, 5.74) is 0. The van der Waals surface area contributed by atoms with Crippen LogP contribution >= 0.6 is 0 Å². The Morgan fingerprint density at radius 2 is 0.667 bits per heavy atom. The van der Waals surface area contributed by atoms with Gasteiger partial charge in [-0.3, -0.25) is 0 Å². The molecule has 6 nitrogen and oxygen atoms in total. The zero-order valence-electron chi connectivity index (χ0n) is 14.9. The highest BCUT2D eigenvalue weighted by Gasteiger charge is 2.09. The number of hydrogen-bond acceptors (Lipinski definition) is 6. The number of ether oxygens (including phenoxy) is 6. The molecule has 0 aliphatic carbocycles. The van der Waals surface area contributed by atoms with E-state index in [0.29, 0.717) is 34.5 Å². The fourth-order valence-electron chi connectivity index (χ4n) is 2.04. The highest BCUT2D eigenvalue weighted by molar-refractivity contribution is 5.51. The van der Waals surface area contributed by atoms with Crippen molar-refractivity contribution in [2.45, 2.75) is 0 Å². The van der Waals surface area contributed by atoms with Gasteiger partial charge in [0.25, 0.3) is 0 Å². The van der Waals surface area contributed by atoms with Crippen molar-refractivity contribution in [2.24, 2.45) is 0 Å². The molecule has 6 heteroatoms. The van der Waals surface area contributed by atoms with Gasteiger partial charge >= 0.3 is 0 Å². The quantitative estimate of drug-likeness (QED) is 0.806. The van der Waals surface area contributed by atoms with Gasteiger partial charge in [-0.25, -0.2) is 0 Å². The van der Waals surface area contributed by atoms with E-state index in [-0.39, 0.29) is 0 Å². The second-order valence-corrected chi connectivity index (χ2v) is 4.39. The molecule has 0 saturated carbocycles. The Morgan fingerprint density at radius 3 is 0.833 bits per heavy atom. The summed E-state index contributed by atoms with van der Waals surface area (Å²) in [6, 6.07) is 11.0. The van der Waals surface area contributed by atoms with E-state index in [2.05, 4.69) is 0 Å². The van der Waals surface area contributed by atoms with Gasteiger partial charge in [0, 0.05) is 0 Å². The van der Waals surface area contributed by atoms with E-state index in [4.69, 9.17) is 28.4 Å². The summed E-state index contributed by atoms with van der Waals surface area (Å²) < 4.78 is 30.5. The number of methoxy groups -OCH3 is 6.